The standard InChI is InChI=1S/C32H42N6O2S/c1-20-22(3)41-29-26(20)27(33-21(2)28-35-34-23(4)38(28)29)24-9-11-25(12-10-24)37-16-8-13-32(19-37)14-17-36(18-15-32)30(39)40-31(5,6)7/h9-12,21H,8,13-19H2,1-7H3/t21-/m0/s1. The van der Waals surface area contributed by atoms with Gasteiger partial charge in [0.05, 0.1) is 5.71 Å². The van der Waals surface area contributed by atoms with Crippen molar-refractivity contribution in [1.29, 1.82) is 0 Å². The van der Waals surface area contributed by atoms with E-state index in [1.165, 1.54) is 39.5 Å². The topological polar surface area (TPSA) is 75.8 Å². The lowest BCUT2D eigenvalue weighted by Crippen LogP contribution is -2.51. The van der Waals surface area contributed by atoms with E-state index in [9.17, 15) is 4.79 Å². The van der Waals surface area contributed by atoms with Crippen molar-refractivity contribution in [2.45, 2.75) is 85.8 Å². The van der Waals surface area contributed by atoms with Gasteiger partial charge in [-0.3, -0.25) is 9.56 Å². The summed E-state index contributed by atoms with van der Waals surface area (Å²) in [6.45, 7) is 17.9. The molecule has 1 atom stereocenters. The number of ether oxygens (including phenoxy) is 1. The summed E-state index contributed by atoms with van der Waals surface area (Å²) >= 11 is 1.80. The first-order valence-corrected chi connectivity index (χ1v) is 15.7. The van der Waals surface area contributed by atoms with Crippen molar-refractivity contribution in [3.8, 4) is 5.00 Å². The monoisotopic (exact) mass is 574 g/mol. The summed E-state index contributed by atoms with van der Waals surface area (Å²) in [5.41, 5.74) is 5.70. The van der Waals surface area contributed by atoms with Crippen LogP contribution in [-0.2, 0) is 4.74 Å². The number of piperidine rings is 2. The number of anilines is 1. The van der Waals surface area contributed by atoms with Gasteiger partial charge in [-0.1, -0.05) is 12.1 Å². The highest BCUT2D eigenvalue weighted by atomic mass is 32.1. The number of aliphatic imine (C=N–C) groups is 1. The quantitative estimate of drug-likeness (QED) is 0.337. The Morgan fingerprint density at radius 2 is 1.73 bits per heavy atom. The molecule has 218 valence electrons. The van der Waals surface area contributed by atoms with Crippen LogP contribution in [0.1, 0.15) is 92.6 Å². The molecule has 9 heteroatoms. The number of aryl methyl sites for hydroxylation is 2. The molecule has 0 saturated carbocycles. The van der Waals surface area contributed by atoms with E-state index in [0.29, 0.717) is 0 Å². The van der Waals surface area contributed by atoms with Gasteiger partial charge in [0.25, 0.3) is 0 Å². The third kappa shape index (κ3) is 5.17. The second-order valence-corrected chi connectivity index (χ2v) is 14.3. The third-order valence-electron chi connectivity index (χ3n) is 9.00. The Kier molecular flexibility index (Phi) is 6.99. The lowest BCUT2D eigenvalue weighted by Gasteiger charge is -2.48. The molecule has 6 rings (SSSR count). The van der Waals surface area contributed by atoms with Crippen LogP contribution in [0.5, 0.6) is 0 Å². The fourth-order valence-electron chi connectivity index (χ4n) is 6.64. The normalized spacial score (nSPS) is 20.4. The number of thiophene rings is 1. The van der Waals surface area contributed by atoms with E-state index in [1.54, 1.807) is 11.3 Å². The average Bonchev–Trinajstić information content (AvgIpc) is 3.41. The van der Waals surface area contributed by atoms with Crippen molar-refractivity contribution in [2.24, 2.45) is 10.4 Å². The number of hydrogen-bond donors (Lipinski definition) is 0. The van der Waals surface area contributed by atoms with E-state index in [-0.39, 0.29) is 17.6 Å². The second-order valence-electron chi connectivity index (χ2n) is 13.1. The van der Waals surface area contributed by atoms with Crippen molar-refractivity contribution in [1.82, 2.24) is 19.7 Å². The van der Waals surface area contributed by atoms with E-state index >= 15 is 0 Å². The van der Waals surface area contributed by atoms with E-state index < -0.39 is 5.60 Å². The highest BCUT2D eigenvalue weighted by Crippen LogP contribution is 2.42. The maximum Gasteiger partial charge on any atom is 0.410 e. The van der Waals surface area contributed by atoms with Crippen LogP contribution in [0.25, 0.3) is 5.00 Å². The smallest absolute Gasteiger partial charge is 0.410 e. The summed E-state index contributed by atoms with van der Waals surface area (Å²) in [4.78, 5) is 23.6. The van der Waals surface area contributed by atoms with Gasteiger partial charge in [0.2, 0.25) is 0 Å². The maximum absolute atomic E-state index is 12.6. The highest BCUT2D eigenvalue weighted by molar-refractivity contribution is 7.15. The van der Waals surface area contributed by atoms with Crippen molar-refractivity contribution in [3.05, 3.63) is 57.5 Å². The number of hydrogen-bond acceptors (Lipinski definition) is 7. The zero-order valence-electron chi connectivity index (χ0n) is 25.5. The molecule has 2 saturated heterocycles. The van der Waals surface area contributed by atoms with Crippen LogP contribution in [0.3, 0.4) is 0 Å². The highest BCUT2D eigenvalue weighted by Gasteiger charge is 2.40. The number of fused-ring (bicyclic) bond motifs is 3. The lowest BCUT2D eigenvalue weighted by molar-refractivity contribution is 0.00817. The summed E-state index contributed by atoms with van der Waals surface area (Å²) in [6, 6.07) is 8.92. The zero-order chi connectivity index (χ0) is 29.1. The molecule has 3 aromatic rings. The lowest BCUT2D eigenvalue weighted by atomic mass is 9.72. The van der Waals surface area contributed by atoms with Gasteiger partial charge in [0, 0.05) is 47.9 Å². The Morgan fingerprint density at radius 3 is 2.41 bits per heavy atom. The number of carbonyl (C=O) groups excluding carboxylic acids is 1. The zero-order valence-corrected chi connectivity index (χ0v) is 26.3. The Bertz CT molecular complexity index is 1490. The minimum absolute atomic E-state index is 0.0846. The maximum atomic E-state index is 12.6. The van der Waals surface area contributed by atoms with Crippen molar-refractivity contribution in [3.63, 3.8) is 0 Å². The number of rotatable bonds is 2. The molecule has 41 heavy (non-hydrogen) atoms. The van der Waals surface area contributed by atoms with Gasteiger partial charge < -0.3 is 14.5 Å². The van der Waals surface area contributed by atoms with Gasteiger partial charge in [-0.05, 0) is 97.3 Å². The van der Waals surface area contributed by atoms with Crippen LogP contribution in [0.2, 0.25) is 0 Å². The Balaban J connectivity index is 1.21. The van der Waals surface area contributed by atoms with Crippen LogP contribution in [0, 0.1) is 26.2 Å². The molecule has 0 N–H and O–H groups in total. The minimum Gasteiger partial charge on any atom is -0.444 e. The van der Waals surface area contributed by atoms with Crippen LogP contribution in [0.15, 0.2) is 29.3 Å². The van der Waals surface area contributed by atoms with Crippen molar-refractivity contribution < 1.29 is 9.53 Å². The molecule has 1 aromatic carbocycles. The molecule has 0 unspecified atom stereocenters. The number of likely N-dealkylation sites (tertiary alicyclic amines) is 1. The number of aromatic nitrogens is 3. The predicted octanol–water partition coefficient (Wildman–Crippen LogP) is 6.78. The average molecular weight is 575 g/mol. The molecule has 2 fully saturated rings. The summed E-state index contributed by atoms with van der Waals surface area (Å²) in [7, 11) is 0. The molecule has 2 aromatic heterocycles. The molecule has 3 aliphatic heterocycles. The molecular formula is C32H42N6O2S. The molecule has 1 spiro atoms. The SMILES string of the molecule is Cc1sc2c(c1C)C(c1ccc(N3CCCC4(CCN(C(=O)OC(C)(C)C)CC4)C3)cc1)=N[C@@H](C)c1nnc(C)n1-2. The molecule has 0 aliphatic carbocycles. The van der Waals surface area contributed by atoms with Gasteiger partial charge in [-0.15, -0.1) is 21.5 Å². The molecule has 3 aliphatic rings. The van der Waals surface area contributed by atoms with Crippen molar-refractivity contribution >= 4 is 28.8 Å². The Labute approximate surface area is 247 Å². The molecule has 5 heterocycles. The Hall–Kier alpha value is -3.20. The molecule has 0 bridgehead atoms. The molecule has 8 nitrogen and oxygen atoms in total. The number of nitrogens with zero attached hydrogens (tertiary/aromatic N) is 6. The van der Waals surface area contributed by atoms with Crippen molar-refractivity contribution in [2.75, 3.05) is 31.1 Å². The number of amides is 1. The predicted molar refractivity (Wildman–Crippen MR) is 165 cm³/mol. The van der Waals surface area contributed by atoms with Gasteiger partial charge in [-0.2, -0.15) is 0 Å². The number of carbonyl (C=O) groups is 1. The number of benzene rings is 1. The van der Waals surface area contributed by atoms with Gasteiger partial charge in [-0.25, -0.2) is 4.79 Å². The third-order valence-corrected chi connectivity index (χ3v) is 10.2. The minimum atomic E-state index is -0.457. The molecular weight excluding hydrogens is 532 g/mol. The molecule has 1 amide bonds. The summed E-state index contributed by atoms with van der Waals surface area (Å²) < 4.78 is 7.82. The second kappa shape index (κ2) is 10.3. The first kappa shape index (κ1) is 27.9. The van der Waals surface area contributed by atoms with Crippen LogP contribution in [0.4, 0.5) is 10.5 Å². The molecule has 0 radical (unpaired) electrons. The van der Waals surface area contributed by atoms with E-state index in [4.69, 9.17) is 9.73 Å². The van der Waals surface area contributed by atoms with Crippen LogP contribution < -0.4 is 4.90 Å². The summed E-state index contributed by atoms with van der Waals surface area (Å²) in [6.07, 6.45) is 4.27. The summed E-state index contributed by atoms with van der Waals surface area (Å²) in [5.74, 6) is 1.80. The van der Waals surface area contributed by atoms with E-state index in [1.807, 2.05) is 32.6 Å². The van der Waals surface area contributed by atoms with E-state index in [0.717, 1.165) is 61.9 Å². The first-order chi connectivity index (χ1) is 19.4. The fourth-order valence-corrected chi connectivity index (χ4v) is 7.85. The van der Waals surface area contributed by atoms with Gasteiger partial charge >= 0.3 is 6.09 Å². The Morgan fingerprint density at radius 1 is 1.02 bits per heavy atom. The van der Waals surface area contributed by atoms with Gasteiger partial charge in [0.1, 0.15) is 22.5 Å². The fraction of sp³-hybridized carbons (Fsp3) is 0.562. The van der Waals surface area contributed by atoms with E-state index in [2.05, 4.69) is 64.7 Å². The van der Waals surface area contributed by atoms with Crippen LogP contribution in [-0.4, -0.2) is 63.2 Å². The summed E-state index contributed by atoms with van der Waals surface area (Å²) in [5, 5.41) is 10.0. The van der Waals surface area contributed by atoms with Crippen LogP contribution >= 0.6 is 11.3 Å². The van der Waals surface area contributed by atoms with Gasteiger partial charge in [0.15, 0.2) is 5.82 Å². The largest absolute Gasteiger partial charge is 0.444 e. The first-order valence-electron chi connectivity index (χ1n) is 14.9.